The Morgan fingerprint density at radius 3 is 2.65 bits per heavy atom. The van der Waals surface area contributed by atoms with E-state index in [1.807, 2.05) is 18.2 Å². The van der Waals surface area contributed by atoms with Crippen molar-refractivity contribution in [3.63, 3.8) is 0 Å². The predicted molar refractivity (Wildman–Crippen MR) is 102 cm³/mol. The van der Waals surface area contributed by atoms with Gasteiger partial charge < -0.3 is 14.6 Å². The van der Waals surface area contributed by atoms with E-state index in [1.165, 1.54) is 7.11 Å². The lowest BCUT2D eigenvalue weighted by Gasteiger charge is -2.08. The predicted octanol–water partition coefficient (Wildman–Crippen LogP) is 3.39. The standard InChI is InChI=1S/C20H21N3O3/c1-3-15(12-13-24)14-19(26-16-8-5-4-6-9-16)23-20(21)17-10-7-11-18(22-17)25-2/h3-11,14,21,24H,1,12-13H2,2H3/b15-14-,21-20?,23-19?. The van der Waals surface area contributed by atoms with Crippen LogP contribution in [0.4, 0.5) is 0 Å². The quantitative estimate of drug-likeness (QED) is 0.455. The second-order valence-corrected chi connectivity index (χ2v) is 5.18. The number of aliphatic hydroxyl groups excluding tert-OH is 1. The molecule has 0 aliphatic rings. The van der Waals surface area contributed by atoms with Gasteiger partial charge in [0.05, 0.1) is 7.11 Å². The molecule has 0 saturated carbocycles. The number of ether oxygens (including phenoxy) is 2. The Hall–Kier alpha value is -3.25. The van der Waals surface area contributed by atoms with E-state index in [9.17, 15) is 0 Å². The van der Waals surface area contributed by atoms with E-state index in [0.29, 0.717) is 23.7 Å². The van der Waals surface area contributed by atoms with Gasteiger partial charge >= 0.3 is 0 Å². The third-order valence-electron chi connectivity index (χ3n) is 3.33. The highest BCUT2D eigenvalue weighted by molar-refractivity contribution is 6.06. The number of pyridine rings is 1. The highest BCUT2D eigenvalue weighted by Gasteiger charge is 2.08. The molecule has 0 atom stereocenters. The minimum Gasteiger partial charge on any atom is -0.481 e. The molecule has 6 heteroatoms. The molecular formula is C20H21N3O3. The number of nitrogens with one attached hydrogen (secondary N) is 1. The number of allylic oxidation sites excluding steroid dienone is 1. The summed E-state index contributed by atoms with van der Waals surface area (Å²) >= 11 is 0. The lowest BCUT2D eigenvalue weighted by Crippen LogP contribution is -2.11. The monoisotopic (exact) mass is 351 g/mol. The van der Waals surface area contributed by atoms with Crippen LogP contribution in [-0.2, 0) is 0 Å². The van der Waals surface area contributed by atoms with Crippen LogP contribution in [0.3, 0.4) is 0 Å². The van der Waals surface area contributed by atoms with Gasteiger partial charge in [0.15, 0.2) is 5.84 Å². The van der Waals surface area contributed by atoms with Gasteiger partial charge in [-0.05, 0) is 30.2 Å². The highest BCUT2D eigenvalue weighted by Crippen LogP contribution is 2.13. The van der Waals surface area contributed by atoms with Crippen LogP contribution in [0.5, 0.6) is 11.6 Å². The Kier molecular flexibility index (Phi) is 7.27. The first-order valence-electron chi connectivity index (χ1n) is 8.01. The number of amidine groups is 1. The van der Waals surface area contributed by atoms with Gasteiger partial charge in [0.2, 0.25) is 11.8 Å². The van der Waals surface area contributed by atoms with Crippen molar-refractivity contribution in [3.8, 4) is 11.6 Å². The Morgan fingerprint density at radius 2 is 2.00 bits per heavy atom. The topological polar surface area (TPSA) is 87.8 Å². The molecule has 0 fully saturated rings. The molecule has 0 aliphatic carbocycles. The molecule has 0 unspecified atom stereocenters. The first-order valence-corrected chi connectivity index (χ1v) is 8.01. The Bertz CT molecular complexity index is 814. The number of aliphatic imine (C=N–C) groups is 1. The van der Waals surface area contributed by atoms with Crippen molar-refractivity contribution in [3.05, 3.63) is 78.5 Å². The first-order chi connectivity index (χ1) is 12.7. The molecular weight excluding hydrogens is 330 g/mol. The number of methoxy groups -OCH3 is 1. The fourth-order valence-corrected chi connectivity index (χ4v) is 2.04. The molecule has 0 saturated heterocycles. The summed E-state index contributed by atoms with van der Waals surface area (Å²) < 4.78 is 10.9. The SMILES string of the molecule is C=C/C(=C/C(=NC(=N)c1cccc(OC)n1)Oc1ccccc1)CCO. The molecule has 1 heterocycles. The molecule has 2 N–H and O–H groups in total. The van der Waals surface area contributed by atoms with E-state index in [1.54, 1.807) is 42.5 Å². The van der Waals surface area contributed by atoms with Crippen LogP contribution >= 0.6 is 0 Å². The van der Waals surface area contributed by atoms with Crippen molar-refractivity contribution in [1.82, 2.24) is 4.98 Å². The van der Waals surface area contributed by atoms with Crippen molar-refractivity contribution < 1.29 is 14.6 Å². The molecule has 0 spiro atoms. The summed E-state index contributed by atoms with van der Waals surface area (Å²) in [4.78, 5) is 8.44. The van der Waals surface area contributed by atoms with Crippen LogP contribution in [0.1, 0.15) is 12.1 Å². The lowest BCUT2D eigenvalue weighted by atomic mass is 10.2. The van der Waals surface area contributed by atoms with Crippen molar-refractivity contribution in [2.75, 3.05) is 13.7 Å². The molecule has 2 aromatic rings. The number of hydrogen-bond acceptors (Lipinski definition) is 5. The third kappa shape index (κ3) is 5.68. The number of para-hydroxylation sites is 1. The molecule has 1 aromatic heterocycles. The second-order valence-electron chi connectivity index (χ2n) is 5.18. The molecule has 0 aliphatic heterocycles. The van der Waals surface area contributed by atoms with E-state index in [2.05, 4.69) is 16.6 Å². The van der Waals surface area contributed by atoms with Crippen molar-refractivity contribution in [1.29, 1.82) is 5.41 Å². The van der Waals surface area contributed by atoms with Gasteiger partial charge in [-0.1, -0.05) is 36.9 Å². The molecule has 6 nitrogen and oxygen atoms in total. The van der Waals surface area contributed by atoms with E-state index in [0.717, 1.165) is 5.57 Å². The van der Waals surface area contributed by atoms with E-state index in [-0.39, 0.29) is 18.3 Å². The number of aliphatic hydroxyl groups is 1. The van der Waals surface area contributed by atoms with Gasteiger partial charge in [-0.15, -0.1) is 0 Å². The van der Waals surface area contributed by atoms with Crippen LogP contribution < -0.4 is 9.47 Å². The number of hydrogen-bond donors (Lipinski definition) is 2. The van der Waals surface area contributed by atoms with Gasteiger partial charge in [-0.25, -0.2) is 4.98 Å². The number of aromatic nitrogens is 1. The van der Waals surface area contributed by atoms with E-state index < -0.39 is 0 Å². The summed E-state index contributed by atoms with van der Waals surface area (Å²) in [7, 11) is 1.51. The zero-order chi connectivity index (χ0) is 18.8. The average molecular weight is 351 g/mol. The Labute approximate surface area is 152 Å². The minimum atomic E-state index is -0.0708. The molecule has 2 rings (SSSR count). The first kappa shape index (κ1) is 19.1. The molecule has 0 amide bonds. The summed E-state index contributed by atoms with van der Waals surface area (Å²) in [6.07, 6.45) is 3.67. The fourth-order valence-electron chi connectivity index (χ4n) is 2.04. The van der Waals surface area contributed by atoms with Gasteiger partial charge in [-0.2, -0.15) is 4.99 Å². The molecule has 134 valence electrons. The summed E-state index contributed by atoms with van der Waals surface area (Å²) in [6.45, 7) is 3.70. The normalized spacial score (nSPS) is 11.8. The maximum atomic E-state index is 9.15. The summed E-state index contributed by atoms with van der Waals surface area (Å²) in [5, 5.41) is 17.4. The Morgan fingerprint density at radius 1 is 1.23 bits per heavy atom. The largest absolute Gasteiger partial charge is 0.481 e. The van der Waals surface area contributed by atoms with E-state index in [4.69, 9.17) is 20.0 Å². The smallest absolute Gasteiger partial charge is 0.221 e. The van der Waals surface area contributed by atoms with Crippen LogP contribution in [0.25, 0.3) is 0 Å². The van der Waals surface area contributed by atoms with E-state index >= 15 is 0 Å². The number of benzene rings is 1. The number of rotatable bonds is 7. The van der Waals surface area contributed by atoms with Crippen LogP contribution in [0.15, 0.2) is 77.8 Å². The summed E-state index contributed by atoms with van der Waals surface area (Å²) in [5.74, 6) is 1.12. The van der Waals surface area contributed by atoms with Crippen molar-refractivity contribution >= 4 is 11.7 Å². The van der Waals surface area contributed by atoms with Crippen molar-refractivity contribution in [2.45, 2.75) is 6.42 Å². The van der Waals surface area contributed by atoms with Crippen LogP contribution in [0, 0.1) is 5.41 Å². The average Bonchev–Trinajstić information content (AvgIpc) is 2.68. The van der Waals surface area contributed by atoms with Crippen LogP contribution in [-0.4, -0.2) is 35.5 Å². The van der Waals surface area contributed by atoms with Gasteiger partial charge in [0.25, 0.3) is 0 Å². The second kappa shape index (κ2) is 9.90. The van der Waals surface area contributed by atoms with Crippen molar-refractivity contribution in [2.24, 2.45) is 4.99 Å². The zero-order valence-electron chi connectivity index (χ0n) is 14.6. The zero-order valence-corrected chi connectivity index (χ0v) is 14.6. The summed E-state index contributed by atoms with van der Waals surface area (Å²) in [5.41, 5.74) is 1.10. The Balaban J connectivity index is 2.35. The fraction of sp³-hybridized carbons (Fsp3) is 0.150. The van der Waals surface area contributed by atoms with Crippen LogP contribution in [0.2, 0.25) is 0 Å². The summed E-state index contributed by atoms with van der Waals surface area (Å²) in [6, 6.07) is 14.2. The minimum absolute atomic E-state index is 0.0225. The van der Waals surface area contributed by atoms with Gasteiger partial charge in [-0.3, -0.25) is 5.41 Å². The maximum absolute atomic E-state index is 9.15. The third-order valence-corrected chi connectivity index (χ3v) is 3.33. The van der Waals surface area contributed by atoms with Gasteiger partial charge in [0, 0.05) is 18.7 Å². The maximum Gasteiger partial charge on any atom is 0.221 e. The lowest BCUT2D eigenvalue weighted by molar-refractivity contribution is 0.300. The van der Waals surface area contributed by atoms with Gasteiger partial charge in [0.1, 0.15) is 11.4 Å². The molecule has 1 aromatic carbocycles. The number of nitrogens with zero attached hydrogens (tertiary/aromatic N) is 2. The highest BCUT2D eigenvalue weighted by atomic mass is 16.5. The molecule has 26 heavy (non-hydrogen) atoms. The molecule has 0 radical (unpaired) electrons. The molecule has 0 bridgehead atoms.